The minimum Gasteiger partial charge on any atom is -0.316 e. The summed E-state index contributed by atoms with van der Waals surface area (Å²) in [6.45, 7) is 1.87. The molecular weight excluding hydrogens is 552 g/mol. The van der Waals surface area contributed by atoms with Gasteiger partial charge in [0.2, 0.25) is 0 Å². The number of carbonyl (C=O) groups excluding carboxylic acids is 1. The molecule has 0 aliphatic heterocycles. The number of rotatable bonds is 10. The highest BCUT2D eigenvalue weighted by Crippen LogP contribution is 2.24. The SMILES string of the molecule is O=C(Nc1ccc(-c2ccccc2)cc1)N(Cc1ccc(-c2ccc(CNC3CCCCCC3)cc2)cc1)Cc1cccnc1. The topological polar surface area (TPSA) is 57.3 Å². The average molecular weight is 595 g/mol. The first-order valence-corrected chi connectivity index (χ1v) is 16.2. The third-order valence-corrected chi connectivity index (χ3v) is 8.69. The Morgan fingerprint density at radius 3 is 1.82 bits per heavy atom. The van der Waals surface area contributed by atoms with Crippen molar-refractivity contribution in [1.82, 2.24) is 15.2 Å². The summed E-state index contributed by atoms with van der Waals surface area (Å²) in [7, 11) is 0. The lowest BCUT2D eigenvalue weighted by molar-refractivity contribution is 0.206. The van der Waals surface area contributed by atoms with Crippen molar-refractivity contribution in [3.8, 4) is 22.3 Å². The molecule has 1 fully saturated rings. The number of carbonyl (C=O) groups is 1. The lowest BCUT2D eigenvalue weighted by atomic mass is 10.0. The molecule has 0 saturated heterocycles. The zero-order valence-corrected chi connectivity index (χ0v) is 25.9. The van der Waals surface area contributed by atoms with Gasteiger partial charge in [-0.1, -0.05) is 123 Å². The fraction of sp³-hybridized carbons (Fsp3) is 0.250. The molecule has 0 spiro atoms. The van der Waals surface area contributed by atoms with Gasteiger partial charge in [-0.2, -0.15) is 0 Å². The number of amides is 2. The van der Waals surface area contributed by atoms with E-state index in [9.17, 15) is 4.79 Å². The number of nitrogens with zero attached hydrogens (tertiary/aromatic N) is 2. The monoisotopic (exact) mass is 594 g/mol. The fourth-order valence-electron chi connectivity index (χ4n) is 6.07. The Bertz CT molecular complexity index is 1610. The van der Waals surface area contributed by atoms with Gasteiger partial charge >= 0.3 is 6.03 Å². The van der Waals surface area contributed by atoms with Crippen LogP contribution in [-0.4, -0.2) is 22.0 Å². The van der Waals surface area contributed by atoms with Crippen molar-refractivity contribution < 1.29 is 4.79 Å². The Balaban J connectivity index is 1.09. The first kappa shape index (κ1) is 30.3. The maximum atomic E-state index is 13.6. The van der Waals surface area contributed by atoms with Gasteiger partial charge in [0.05, 0.1) is 0 Å². The van der Waals surface area contributed by atoms with Crippen molar-refractivity contribution in [3.63, 3.8) is 0 Å². The predicted molar refractivity (Wildman–Crippen MR) is 185 cm³/mol. The highest BCUT2D eigenvalue weighted by Gasteiger charge is 2.16. The molecule has 1 aliphatic rings. The third-order valence-electron chi connectivity index (χ3n) is 8.69. The Kier molecular flexibility index (Phi) is 10.3. The van der Waals surface area contributed by atoms with Crippen LogP contribution in [0.25, 0.3) is 22.3 Å². The van der Waals surface area contributed by atoms with Gasteiger partial charge in [-0.15, -0.1) is 0 Å². The summed E-state index contributed by atoms with van der Waals surface area (Å²) in [5, 5.41) is 6.87. The van der Waals surface area contributed by atoms with Crippen LogP contribution in [0.1, 0.15) is 55.2 Å². The minimum atomic E-state index is -0.150. The van der Waals surface area contributed by atoms with Gasteiger partial charge in [-0.3, -0.25) is 4.98 Å². The number of pyridine rings is 1. The molecule has 1 saturated carbocycles. The van der Waals surface area contributed by atoms with Gasteiger partial charge in [-0.25, -0.2) is 4.79 Å². The van der Waals surface area contributed by atoms with E-state index in [1.165, 1.54) is 55.2 Å². The number of anilines is 1. The van der Waals surface area contributed by atoms with Crippen LogP contribution in [0.5, 0.6) is 0 Å². The lowest BCUT2D eigenvalue weighted by Gasteiger charge is -2.23. The summed E-state index contributed by atoms with van der Waals surface area (Å²) in [6, 6.07) is 40.1. The largest absolute Gasteiger partial charge is 0.322 e. The Morgan fingerprint density at radius 2 is 1.20 bits per heavy atom. The summed E-state index contributed by atoms with van der Waals surface area (Å²) >= 11 is 0. The number of hydrogen-bond acceptors (Lipinski definition) is 3. The Labute approximate surface area is 267 Å². The van der Waals surface area contributed by atoms with Crippen LogP contribution in [0.2, 0.25) is 0 Å². The summed E-state index contributed by atoms with van der Waals surface area (Å²) in [5.74, 6) is 0. The van der Waals surface area contributed by atoms with Crippen LogP contribution in [0, 0.1) is 0 Å². The molecule has 5 aromatic rings. The molecule has 1 heterocycles. The molecule has 1 aromatic heterocycles. The fourth-order valence-corrected chi connectivity index (χ4v) is 6.07. The van der Waals surface area contributed by atoms with Crippen molar-refractivity contribution >= 4 is 11.7 Å². The highest BCUT2D eigenvalue weighted by molar-refractivity contribution is 5.89. The highest BCUT2D eigenvalue weighted by atomic mass is 16.2. The molecule has 5 heteroatoms. The van der Waals surface area contributed by atoms with Gasteiger partial charge in [0.1, 0.15) is 0 Å². The van der Waals surface area contributed by atoms with Gasteiger partial charge in [0.15, 0.2) is 0 Å². The van der Waals surface area contributed by atoms with Gasteiger partial charge in [0, 0.05) is 43.8 Å². The summed E-state index contributed by atoms with van der Waals surface area (Å²) in [5.41, 5.74) is 8.77. The van der Waals surface area contributed by atoms with Crippen molar-refractivity contribution in [2.24, 2.45) is 0 Å². The summed E-state index contributed by atoms with van der Waals surface area (Å²) < 4.78 is 0. The van der Waals surface area contributed by atoms with Crippen LogP contribution in [0.3, 0.4) is 0 Å². The number of aromatic nitrogens is 1. The zero-order chi connectivity index (χ0) is 30.7. The first-order chi connectivity index (χ1) is 22.2. The molecule has 5 nitrogen and oxygen atoms in total. The molecule has 2 amide bonds. The standard InChI is InChI=1S/C40H42N4O/c45-40(43-39-24-22-37(23-25-39)34-10-4-3-5-11-34)44(30-33-9-8-26-41-27-33)29-32-16-20-36(21-17-32)35-18-14-31(15-19-35)28-42-38-12-6-1-2-7-13-38/h3-5,8-11,14-27,38,42H,1-2,6-7,12-13,28-30H2,(H,43,45). The average Bonchev–Trinajstić information content (AvgIpc) is 3.38. The van der Waals surface area contributed by atoms with Crippen molar-refractivity contribution in [1.29, 1.82) is 0 Å². The van der Waals surface area contributed by atoms with E-state index in [-0.39, 0.29) is 6.03 Å². The van der Waals surface area contributed by atoms with Crippen molar-refractivity contribution in [2.45, 2.75) is 64.2 Å². The van der Waals surface area contributed by atoms with Crippen LogP contribution >= 0.6 is 0 Å². The van der Waals surface area contributed by atoms with Gasteiger partial charge in [0.25, 0.3) is 0 Å². The predicted octanol–water partition coefficient (Wildman–Crippen LogP) is 9.46. The molecule has 0 unspecified atom stereocenters. The van der Waals surface area contributed by atoms with Crippen molar-refractivity contribution in [3.05, 3.63) is 144 Å². The van der Waals surface area contributed by atoms with E-state index in [0.717, 1.165) is 34.5 Å². The molecule has 1 aliphatic carbocycles. The second-order valence-electron chi connectivity index (χ2n) is 12.1. The number of nitrogens with one attached hydrogen (secondary N) is 2. The molecular formula is C40H42N4O. The van der Waals surface area contributed by atoms with Gasteiger partial charge < -0.3 is 15.5 Å². The van der Waals surface area contributed by atoms with E-state index in [0.29, 0.717) is 19.1 Å². The third kappa shape index (κ3) is 8.68. The Morgan fingerprint density at radius 1 is 0.622 bits per heavy atom. The van der Waals surface area contributed by atoms with Gasteiger partial charge in [-0.05, 0) is 70.0 Å². The number of benzene rings is 4. The molecule has 228 valence electrons. The Hall–Kier alpha value is -4.74. The second kappa shape index (κ2) is 15.3. The first-order valence-electron chi connectivity index (χ1n) is 16.2. The zero-order valence-electron chi connectivity index (χ0n) is 25.9. The summed E-state index contributed by atoms with van der Waals surface area (Å²) in [4.78, 5) is 19.6. The van der Waals surface area contributed by atoms with E-state index < -0.39 is 0 Å². The van der Waals surface area contributed by atoms with E-state index in [1.807, 2.05) is 65.7 Å². The van der Waals surface area contributed by atoms with Crippen LogP contribution in [0.4, 0.5) is 10.5 Å². The van der Waals surface area contributed by atoms with E-state index in [1.54, 1.807) is 6.20 Å². The van der Waals surface area contributed by atoms with Crippen molar-refractivity contribution in [2.75, 3.05) is 5.32 Å². The molecule has 4 aromatic carbocycles. The maximum absolute atomic E-state index is 13.6. The van der Waals surface area contributed by atoms with E-state index >= 15 is 0 Å². The molecule has 0 radical (unpaired) electrons. The van der Waals surface area contributed by atoms with Crippen LogP contribution in [0.15, 0.2) is 128 Å². The molecule has 6 rings (SSSR count). The molecule has 0 atom stereocenters. The molecule has 0 bridgehead atoms. The normalized spacial score (nSPS) is 13.6. The number of hydrogen-bond donors (Lipinski definition) is 2. The van der Waals surface area contributed by atoms with Crippen LogP contribution in [-0.2, 0) is 19.6 Å². The summed E-state index contributed by atoms with van der Waals surface area (Å²) in [6.07, 6.45) is 11.6. The minimum absolute atomic E-state index is 0.150. The quantitative estimate of drug-likeness (QED) is 0.158. The number of urea groups is 1. The van der Waals surface area contributed by atoms with E-state index in [4.69, 9.17) is 0 Å². The van der Waals surface area contributed by atoms with E-state index in [2.05, 4.69) is 76.3 Å². The smallest absolute Gasteiger partial charge is 0.316 e. The van der Waals surface area contributed by atoms with Crippen LogP contribution < -0.4 is 10.6 Å². The second-order valence-corrected chi connectivity index (χ2v) is 12.1. The maximum Gasteiger partial charge on any atom is 0.322 e. The molecule has 45 heavy (non-hydrogen) atoms. The molecule has 2 N–H and O–H groups in total. The lowest BCUT2D eigenvalue weighted by Crippen LogP contribution is -2.34.